The van der Waals surface area contributed by atoms with Gasteiger partial charge in [-0.05, 0) is 63.3 Å². The van der Waals surface area contributed by atoms with Crippen LogP contribution < -0.4 is 10.6 Å². The molecule has 0 aromatic carbocycles. The number of aromatic carboxylic acids is 1. The van der Waals surface area contributed by atoms with Gasteiger partial charge in [0.1, 0.15) is 47.0 Å². The summed E-state index contributed by atoms with van der Waals surface area (Å²) in [5.74, 6) is 0.0204. The van der Waals surface area contributed by atoms with E-state index in [2.05, 4.69) is 92.4 Å². The minimum Gasteiger partial charge on any atom is -0.477 e. The first-order valence-electron chi connectivity index (χ1n) is 15.9. The molecule has 0 radical (unpaired) electrons. The summed E-state index contributed by atoms with van der Waals surface area (Å²) >= 11 is 6.90. The summed E-state index contributed by atoms with van der Waals surface area (Å²) in [6.07, 6.45) is 13.2. The van der Waals surface area contributed by atoms with Crippen LogP contribution in [0.3, 0.4) is 0 Å². The molecule has 0 saturated carbocycles. The number of amides is 1. The van der Waals surface area contributed by atoms with E-state index in [0.717, 1.165) is 65.2 Å². The molecule has 3 aliphatic heterocycles. The first-order chi connectivity index (χ1) is 24.8. The summed E-state index contributed by atoms with van der Waals surface area (Å²) in [5.41, 5.74) is 7.00. The van der Waals surface area contributed by atoms with Gasteiger partial charge in [-0.15, -0.1) is 0 Å². The van der Waals surface area contributed by atoms with Gasteiger partial charge in [-0.2, -0.15) is 0 Å². The summed E-state index contributed by atoms with van der Waals surface area (Å²) < 4.78 is 1.08. The van der Waals surface area contributed by atoms with E-state index >= 15 is 0 Å². The van der Waals surface area contributed by atoms with Gasteiger partial charge in [-0.3, -0.25) is 24.7 Å². The fourth-order valence-electron chi connectivity index (χ4n) is 6.09. The van der Waals surface area contributed by atoms with Crippen LogP contribution in [0, 0.1) is 0 Å². The lowest BCUT2D eigenvalue weighted by Gasteiger charge is -2.26. The lowest BCUT2D eigenvalue weighted by atomic mass is 10.1. The highest BCUT2D eigenvalue weighted by molar-refractivity contribution is 9.11. The smallest absolute Gasteiger partial charge is 0.353 e. The molecule has 51 heavy (non-hydrogen) atoms. The van der Waals surface area contributed by atoms with Crippen molar-refractivity contribution < 1.29 is 14.7 Å². The van der Waals surface area contributed by atoms with Crippen LogP contribution in [0.15, 0.2) is 56.1 Å². The number of piperidine rings is 1. The second kappa shape index (κ2) is 13.6. The van der Waals surface area contributed by atoms with E-state index in [1.165, 1.54) is 19.1 Å². The fraction of sp³-hybridized carbons (Fsp3) is 0.212. The summed E-state index contributed by atoms with van der Waals surface area (Å²) in [4.78, 5) is 66.2. The molecule has 0 atom stereocenters. The zero-order chi connectivity index (χ0) is 35.1. The number of carbonyl (C=O) groups is 2. The molecule has 18 heteroatoms. The Morgan fingerprint density at radius 1 is 0.706 bits per heavy atom. The molecule has 0 bridgehead atoms. The number of anilines is 4. The number of nitrogens with one attached hydrogen (secondary N) is 4. The van der Waals surface area contributed by atoms with Crippen molar-refractivity contribution in [2.45, 2.75) is 32.4 Å². The highest BCUT2D eigenvalue weighted by Crippen LogP contribution is 2.35. The Kier molecular flexibility index (Phi) is 8.68. The van der Waals surface area contributed by atoms with Crippen LogP contribution in [-0.4, -0.2) is 87.3 Å². The predicted molar refractivity (Wildman–Crippen MR) is 198 cm³/mol. The number of carboxylic acids is 1. The van der Waals surface area contributed by atoms with E-state index in [-0.39, 0.29) is 11.6 Å². The van der Waals surface area contributed by atoms with Crippen molar-refractivity contribution in [2.24, 2.45) is 9.98 Å². The number of carboxylic acid groups (broad SMARTS) is 1. The molecule has 9 heterocycles. The summed E-state index contributed by atoms with van der Waals surface area (Å²) in [6.45, 7) is 2.80. The number of hydrogen-bond acceptors (Lipinski definition) is 12. The van der Waals surface area contributed by atoms with Gasteiger partial charge in [0, 0.05) is 36.6 Å². The average Bonchev–Trinajstić information content (AvgIpc) is 3.94. The second-order valence-electron chi connectivity index (χ2n) is 11.9. The van der Waals surface area contributed by atoms with Crippen molar-refractivity contribution in [3.8, 4) is 0 Å². The highest BCUT2D eigenvalue weighted by Gasteiger charge is 2.25. The number of H-pyrrole nitrogens is 2. The van der Waals surface area contributed by atoms with Crippen molar-refractivity contribution in [1.82, 2.24) is 44.8 Å². The van der Waals surface area contributed by atoms with E-state index in [1.807, 2.05) is 23.2 Å². The lowest BCUT2D eigenvalue weighted by molar-refractivity contribution is 0.0688. The molecule has 0 unspecified atom stereocenters. The fourth-order valence-corrected chi connectivity index (χ4v) is 7.38. The molecule has 6 aromatic rings. The van der Waals surface area contributed by atoms with Gasteiger partial charge >= 0.3 is 5.97 Å². The van der Waals surface area contributed by atoms with E-state index in [9.17, 15) is 14.7 Å². The largest absolute Gasteiger partial charge is 0.477 e. The van der Waals surface area contributed by atoms with E-state index < -0.39 is 5.97 Å². The Bertz CT molecular complexity index is 2420. The maximum atomic E-state index is 13.0. The Morgan fingerprint density at radius 2 is 1.22 bits per heavy atom. The van der Waals surface area contributed by atoms with Crippen molar-refractivity contribution in [3.05, 3.63) is 80.0 Å². The molecule has 5 N–H and O–H groups in total. The van der Waals surface area contributed by atoms with Crippen LogP contribution in [0.2, 0.25) is 0 Å². The molecule has 1 amide bonds. The number of nitrogens with zero attached hydrogens (tertiary/aromatic N) is 9. The van der Waals surface area contributed by atoms with Gasteiger partial charge in [0.05, 0.1) is 68.0 Å². The van der Waals surface area contributed by atoms with Crippen molar-refractivity contribution in [3.63, 3.8) is 0 Å². The number of pyridine rings is 2. The standard InChI is InChI=1S/C19H18BrN7O.C14H9BrN6O2/c20-15-14-17(25-12-6-11-7-21-9-13(11)22-8-12)23-10-24-18(14)26-16(15)19(28)27-4-2-1-3-5-27;15-10-9-12(18-5-19-13(9)21-11(10)14(22)23)20-7-1-6-2-16-4-8(6)17-3-7/h6-8,10H,1-5,9H2,(H2,23,24,25,26);1-3,5H,4H2,(H,22,23)(H2,18,19,20,21). The number of halogens is 2. The Hall–Kier alpha value is -5.62. The van der Waals surface area contributed by atoms with Crippen LogP contribution in [0.4, 0.5) is 23.0 Å². The third-order valence-electron chi connectivity index (χ3n) is 8.61. The first-order valence-corrected chi connectivity index (χ1v) is 17.5. The van der Waals surface area contributed by atoms with E-state index in [1.54, 1.807) is 18.6 Å². The quantitative estimate of drug-likeness (QED) is 0.133. The molecule has 16 nitrogen and oxygen atoms in total. The second-order valence-corrected chi connectivity index (χ2v) is 13.5. The van der Waals surface area contributed by atoms with E-state index in [0.29, 0.717) is 56.0 Å². The lowest BCUT2D eigenvalue weighted by Crippen LogP contribution is -2.35. The molecule has 0 aliphatic carbocycles. The number of rotatable bonds is 6. The van der Waals surface area contributed by atoms with Crippen LogP contribution in [-0.2, 0) is 13.1 Å². The molecule has 6 aromatic heterocycles. The van der Waals surface area contributed by atoms with Crippen molar-refractivity contribution in [2.75, 3.05) is 23.7 Å². The predicted octanol–water partition coefficient (Wildman–Crippen LogP) is 5.91. The number of aromatic nitrogens is 8. The molecule has 256 valence electrons. The van der Waals surface area contributed by atoms with Crippen LogP contribution in [0.25, 0.3) is 22.1 Å². The SMILES string of the molecule is O=C(O)c1[nH]c2ncnc(Nc3cnc4c(c3)C=NC4)c2c1Br.O=C(c1[nH]c2ncnc(Nc3cnc4c(c3)C=NC4)c2c1Br)N1CCCCC1. The van der Waals surface area contributed by atoms with Crippen LogP contribution in [0.1, 0.15) is 62.8 Å². The molecular weight excluding hydrogens is 786 g/mol. The first kappa shape index (κ1) is 32.6. The number of carbonyl (C=O) groups excluding carboxylic acids is 1. The van der Waals surface area contributed by atoms with Gasteiger partial charge < -0.3 is 30.6 Å². The zero-order valence-corrected chi connectivity index (χ0v) is 29.8. The molecule has 1 saturated heterocycles. The monoisotopic (exact) mass is 811 g/mol. The minimum absolute atomic E-state index is 0.00839. The van der Waals surface area contributed by atoms with Gasteiger partial charge in [-0.1, -0.05) is 0 Å². The third kappa shape index (κ3) is 6.31. The maximum Gasteiger partial charge on any atom is 0.353 e. The topological polar surface area (TPSA) is 215 Å². The Labute approximate surface area is 305 Å². The Balaban J connectivity index is 0.000000150. The molecular formula is C33H27Br2N13O3. The van der Waals surface area contributed by atoms with Gasteiger partial charge in [0.25, 0.3) is 5.91 Å². The van der Waals surface area contributed by atoms with Crippen molar-refractivity contribution >= 4 is 101 Å². The minimum atomic E-state index is -1.07. The van der Waals surface area contributed by atoms with Gasteiger partial charge in [0.2, 0.25) is 0 Å². The van der Waals surface area contributed by atoms with Crippen LogP contribution in [0.5, 0.6) is 0 Å². The number of fused-ring (bicyclic) bond motifs is 4. The van der Waals surface area contributed by atoms with Crippen LogP contribution >= 0.6 is 31.9 Å². The van der Waals surface area contributed by atoms with Gasteiger partial charge in [-0.25, -0.2) is 24.7 Å². The molecule has 9 rings (SSSR count). The Morgan fingerprint density at radius 3 is 1.75 bits per heavy atom. The van der Waals surface area contributed by atoms with Crippen molar-refractivity contribution in [1.29, 1.82) is 0 Å². The number of aliphatic imine (C=N–C) groups is 2. The molecule has 3 aliphatic rings. The normalized spacial score (nSPS) is 14.4. The zero-order valence-electron chi connectivity index (χ0n) is 26.6. The highest BCUT2D eigenvalue weighted by atomic mass is 79.9. The number of aromatic amines is 2. The number of hydrogen-bond donors (Lipinski definition) is 5. The van der Waals surface area contributed by atoms with Gasteiger partial charge in [0.15, 0.2) is 0 Å². The summed E-state index contributed by atoms with van der Waals surface area (Å²) in [7, 11) is 0. The molecule has 0 spiro atoms. The summed E-state index contributed by atoms with van der Waals surface area (Å²) in [5, 5.41) is 17.0. The number of likely N-dealkylation sites (tertiary alicyclic amines) is 1. The maximum absolute atomic E-state index is 13.0. The molecule has 1 fully saturated rings. The summed E-state index contributed by atoms with van der Waals surface area (Å²) in [6, 6.07) is 3.92. The average molecular weight is 813 g/mol. The third-order valence-corrected chi connectivity index (χ3v) is 10.2. The van der Waals surface area contributed by atoms with E-state index in [4.69, 9.17) is 0 Å².